The molecule has 25 heavy (non-hydrogen) atoms. The van der Waals surface area contributed by atoms with Gasteiger partial charge >= 0.3 is 0 Å². The molecule has 0 saturated carbocycles. The van der Waals surface area contributed by atoms with Crippen LogP contribution in [-0.2, 0) is 4.79 Å². The molecule has 128 valence electrons. The van der Waals surface area contributed by atoms with Crippen LogP contribution in [0.1, 0.15) is 11.1 Å². The molecule has 0 spiro atoms. The minimum absolute atomic E-state index is 0.0634. The molecule has 0 unspecified atom stereocenters. The zero-order valence-corrected chi connectivity index (χ0v) is 15.6. The smallest absolute Gasteiger partial charge is 0.295 e. The number of nitrogens with one attached hydrogen (secondary N) is 1. The van der Waals surface area contributed by atoms with Gasteiger partial charge in [-0.15, -0.1) is 0 Å². The Kier molecular flexibility index (Phi) is 5.37. The second kappa shape index (κ2) is 7.52. The standard InChI is InChI=1S/C18H14Cl2N2O2S/c1-11-2-4-12(5-3-11)8-16-17(23)22(18(24)25-16)10-21-13-6-7-14(19)15(20)9-13/h2-9,21H,10H2,1H3/b16-8+. The Morgan fingerprint density at radius 1 is 1.08 bits per heavy atom. The quantitative estimate of drug-likeness (QED) is 0.706. The van der Waals surface area contributed by atoms with Gasteiger partial charge in [0.2, 0.25) is 0 Å². The summed E-state index contributed by atoms with van der Waals surface area (Å²) in [6.45, 7) is 2.06. The molecule has 7 heteroatoms. The summed E-state index contributed by atoms with van der Waals surface area (Å²) in [5.74, 6) is -0.317. The van der Waals surface area contributed by atoms with Crippen molar-refractivity contribution < 1.29 is 9.59 Å². The molecule has 0 atom stereocenters. The maximum Gasteiger partial charge on any atom is 0.295 e. The Bertz CT molecular complexity index is 866. The first-order chi connectivity index (χ1) is 11.9. The topological polar surface area (TPSA) is 49.4 Å². The number of carbonyl (C=O) groups is 2. The number of benzene rings is 2. The van der Waals surface area contributed by atoms with E-state index in [2.05, 4.69) is 5.32 Å². The summed E-state index contributed by atoms with van der Waals surface area (Å²) in [6.07, 6.45) is 1.73. The third kappa shape index (κ3) is 4.18. The molecule has 2 aromatic rings. The minimum atomic E-state index is -0.317. The first kappa shape index (κ1) is 17.9. The third-order valence-electron chi connectivity index (χ3n) is 3.61. The van der Waals surface area contributed by atoms with Crippen LogP contribution in [0.5, 0.6) is 0 Å². The number of anilines is 1. The average Bonchev–Trinajstić information content (AvgIpc) is 2.84. The predicted octanol–water partition coefficient (Wildman–Crippen LogP) is 5.41. The highest BCUT2D eigenvalue weighted by Crippen LogP contribution is 2.32. The molecule has 0 aromatic heterocycles. The third-order valence-corrected chi connectivity index (χ3v) is 5.26. The van der Waals surface area contributed by atoms with Crippen LogP contribution in [-0.4, -0.2) is 22.7 Å². The van der Waals surface area contributed by atoms with Crippen molar-refractivity contribution in [3.8, 4) is 0 Å². The Labute approximate surface area is 159 Å². The predicted molar refractivity (Wildman–Crippen MR) is 104 cm³/mol. The van der Waals surface area contributed by atoms with Gasteiger partial charge in [0.1, 0.15) is 0 Å². The van der Waals surface area contributed by atoms with Crippen LogP contribution in [0, 0.1) is 6.92 Å². The Morgan fingerprint density at radius 2 is 1.80 bits per heavy atom. The Morgan fingerprint density at radius 3 is 2.48 bits per heavy atom. The number of thioether (sulfide) groups is 1. The molecular weight excluding hydrogens is 379 g/mol. The Hall–Kier alpha value is -1.95. The number of hydrogen-bond donors (Lipinski definition) is 1. The highest BCUT2D eigenvalue weighted by Gasteiger charge is 2.34. The van der Waals surface area contributed by atoms with Crippen molar-refractivity contribution in [2.45, 2.75) is 6.92 Å². The molecule has 1 heterocycles. The van der Waals surface area contributed by atoms with Crippen LogP contribution < -0.4 is 5.32 Å². The van der Waals surface area contributed by atoms with Gasteiger partial charge in [-0.1, -0.05) is 53.0 Å². The molecular formula is C18H14Cl2N2O2S. The van der Waals surface area contributed by atoms with Crippen molar-refractivity contribution in [1.82, 2.24) is 4.90 Å². The van der Waals surface area contributed by atoms with Gasteiger partial charge in [0, 0.05) is 5.69 Å². The van der Waals surface area contributed by atoms with E-state index in [1.165, 1.54) is 0 Å². The van der Waals surface area contributed by atoms with Gasteiger partial charge in [0.05, 0.1) is 21.6 Å². The Balaban J connectivity index is 1.70. The highest BCUT2D eigenvalue weighted by atomic mass is 35.5. The van der Waals surface area contributed by atoms with Gasteiger partial charge in [-0.3, -0.25) is 14.5 Å². The number of hydrogen-bond acceptors (Lipinski definition) is 4. The van der Waals surface area contributed by atoms with Crippen LogP contribution >= 0.6 is 35.0 Å². The molecule has 2 amide bonds. The van der Waals surface area contributed by atoms with Crippen molar-refractivity contribution in [3.05, 3.63) is 68.5 Å². The lowest BCUT2D eigenvalue weighted by Gasteiger charge is -2.14. The van der Waals surface area contributed by atoms with E-state index in [-0.39, 0.29) is 17.8 Å². The number of imide groups is 1. The molecule has 0 radical (unpaired) electrons. The molecule has 2 aromatic carbocycles. The summed E-state index contributed by atoms with van der Waals surface area (Å²) in [6, 6.07) is 12.8. The van der Waals surface area contributed by atoms with E-state index in [0.717, 1.165) is 27.8 Å². The van der Waals surface area contributed by atoms with Gasteiger partial charge in [-0.25, -0.2) is 0 Å². The number of nitrogens with zero attached hydrogens (tertiary/aromatic N) is 1. The van der Waals surface area contributed by atoms with Crippen LogP contribution in [0.25, 0.3) is 6.08 Å². The number of halogens is 2. The van der Waals surface area contributed by atoms with E-state index in [1.807, 2.05) is 31.2 Å². The highest BCUT2D eigenvalue weighted by molar-refractivity contribution is 8.18. The molecule has 4 nitrogen and oxygen atoms in total. The van der Waals surface area contributed by atoms with Crippen LogP contribution in [0.4, 0.5) is 10.5 Å². The zero-order chi connectivity index (χ0) is 18.0. The van der Waals surface area contributed by atoms with Gasteiger partial charge in [0.15, 0.2) is 0 Å². The molecule has 1 N–H and O–H groups in total. The van der Waals surface area contributed by atoms with Crippen molar-refractivity contribution in [3.63, 3.8) is 0 Å². The number of aryl methyl sites for hydroxylation is 1. The maximum absolute atomic E-state index is 12.5. The van der Waals surface area contributed by atoms with Gasteiger partial charge in [-0.05, 0) is 48.5 Å². The van der Waals surface area contributed by atoms with E-state index < -0.39 is 0 Å². The summed E-state index contributed by atoms with van der Waals surface area (Å²) in [7, 11) is 0. The number of amides is 2. The van der Waals surface area contributed by atoms with Crippen LogP contribution in [0.15, 0.2) is 47.4 Å². The second-order valence-electron chi connectivity index (χ2n) is 5.48. The fourth-order valence-corrected chi connectivity index (χ4v) is 3.36. The SMILES string of the molecule is Cc1ccc(/C=C2/SC(=O)N(CNc3ccc(Cl)c(Cl)c3)C2=O)cc1. The van der Waals surface area contributed by atoms with Crippen molar-refractivity contribution in [2.75, 3.05) is 12.0 Å². The molecule has 0 aliphatic carbocycles. The van der Waals surface area contributed by atoms with Crippen molar-refractivity contribution in [2.24, 2.45) is 0 Å². The molecule has 1 saturated heterocycles. The lowest BCUT2D eigenvalue weighted by atomic mass is 10.1. The normalized spacial score (nSPS) is 16.0. The van der Waals surface area contributed by atoms with Gasteiger partial charge < -0.3 is 5.32 Å². The van der Waals surface area contributed by atoms with E-state index in [9.17, 15) is 9.59 Å². The molecule has 3 rings (SSSR count). The largest absolute Gasteiger partial charge is 0.367 e. The molecule has 0 bridgehead atoms. The van der Waals surface area contributed by atoms with Gasteiger partial charge in [-0.2, -0.15) is 0 Å². The van der Waals surface area contributed by atoms with Crippen LogP contribution in [0.3, 0.4) is 0 Å². The van der Waals surface area contributed by atoms with E-state index in [4.69, 9.17) is 23.2 Å². The van der Waals surface area contributed by atoms with Crippen molar-refractivity contribution in [1.29, 1.82) is 0 Å². The van der Waals surface area contributed by atoms with Crippen LogP contribution in [0.2, 0.25) is 10.0 Å². The molecule has 1 aliphatic rings. The lowest BCUT2D eigenvalue weighted by molar-refractivity contribution is -0.122. The minimum Gasteiger partial charge on any atom is -0.367 e. The molecule has 1 fully saturated rings. The monoisotopic (exact) mass is 392 g/mol. The van der Waals surface area contributed by atoms with E-state index in [1.54, 1.807) is 24.3 Å². The lowest BCUT2D eigenvalue weighted by Crippen LogP contribution is -2.33. The molecule has 1 aliphatic heterocycles. The second-order valence-corrected chi connectivity index (χ2v) is 7.29. The first-order valence-electron chi connectivity index (χ1n) is 7.45. The van der Waals surface area contributed by atoms with Crippen molar-refractivity contribution >= 4 is 57.9 Å². The van der Waals surface area contributed by atoms with Gasteiger partial charge in [0.25, 0.3) is 11.1 Å². The summed E-state index contributed by atoms with van der Waals surface area (Å²) < 4.78 is 0. The summed E-state index contributed by atoms with van der Waals surface area (Å²) in [5.41, 5.74) is 2.69. The maximum atomic E-state index is 12.5. The fraction of sp³-hybridized carbons (Fsp3) is 0.111. The number of carbonyl (C=O) groups excluding carboxylic acids is 2. The first-order valence-corrected chi connectivity index (χ1v) is 9.02. The summed E-state index contributed by atoms with van der Waals surface area (Å²) >= 11 is 12.8. The fourth-order valence-electron chi connectivity index (χ4n) is 2.23. The number of rotatable bonds is 4. The average molecular weight is 393 g/mol. The van der Waals surface area contributed by atoms with E-state index >= 15 is 0 Å². The zero-order valence-electron chi connectivity index (χ0n) is 13.3. The summed E-state index contributed by atoms with van der Waals surface area (Å²) in [4.78, 5) is 26.1. The summed E-state index contributed by atoms with van der Waals surface area (Å²) in [5, 5.41) is 3.55. The van der Waals surface area contributed by atoms with E-state index in [0.29, 0.717) is 20.6 Å².